The van der Waals surface area contributed by atoms with Crippen LogP contribution in [0.2, 0.25) is 5.02 Å². The second-order valence-corrected chi connectivity index (χ2v) is 3.38. The molecule has 0 radical (unpaired) electrons. The zero-order valence-corrected chi connectivity index (χ0v) is 8.28. The third-order valence-corrected chi connectivity index (χ3v) is 2.28. The minimum absolute atomic E-state index is 0.466. The van der Waals surface area contributed by atoms with Crippen molar-refractivity contribution in [2.24, 2.45) is 5.73 Å². The summed E-state index contributed by atoms with van der Waals surface area (Å²) in [6.45, 7) is 0.466. The van der Waals surface area contributed by atoms with E-state index in [4.69, 9.17) is 17.3 Å². The summed E-state index contributed by atoms with van der Waals surface area (Å²) in [5.41, 5.74) is 7.67. The largest absolute Gasteiger partial charge is 0.326 e. The zero-order chi connectivity index (χ0) is 9.97. The number of hydrogen-bond donors (Lipinski definition) is 1. The fourth-order valence-electron chi connectivity index (χ4n) is 1.37. The van der Waals surface area contributed by atoms with Gasteiger partial charge in [0.2, 0.25) is 0 Å². The molecule has 2 aromatic rings. The topological polar surface area (TPSA) is 43.8 Å². The Balaban J connectivity index is 2.53. The third kappa shape index (κ3) is 1.64. The van der Waals surface area contributed by atoms with E-state index in [-0.39, 0.29) is 0 Å². The van der Waals surface area contributed by atoms with E-state index in [1.54, 1.807) is 12.5 Å². The highest BCUT2D eigenvalue weighted by molar-refractivity contribution is 6.30. The highest BCUT2D eigenvalue weighted by Gasteiger charge is 2.02. The van der Waals surface area contributed by atoms with Crippen molar-refractivity contribution in [1.29, 1.82) is 0 Å². The first-order valence-corrected chi connectivity index (χ1v) is 4.66. The number of aromatic nitrogens is 2. The van der Waals surface area contributed by atoms with Crippen LogP contribution in [0.5, 0.6) is 0 Å². The van der Waals surface area contributed by atoms with Gasteiger partial charge in [0.05, 0.1) is 12.0 Å². The first-order chi connectivity index (χ1) is 6.81. The van der Waals surface area contributed by atoms with Crippen molar-refractivity contribution in [2.45, 2.75) is 6.54 Å². The van der Waals surface area contributed by atoms with E-state index in [1.807, 2.05) is 29.0 Å². The van der Waals surface area contributed by atoms with Gasteiger partial charge in [-0.1, -0.05) is 11.6 Å². The molecule has 1 aromatic heterocycles. The van der Waals surface area contributed by atoms with Crippen LogP contribution in [0.1, 0.15) is 5.56 Å². The maximum absolute atomic E-state index is 5.88. The van der Waals surface area contributed by atoms with E-state index in [0.29, 0.717) is 11.6 Å². The number of benzene rings is 1. The molecule has 3 nitrogen and oxygen atoms in total. The van der Waals surface area contributed by atoms with Gasteiger partial charge in [0.15, 0.2) is 0 Å². The van der Waals surface area contributed by atoms with Crippen molar-refractivity contribution >= 4 is 11.6 Å². The molecular formula is C10H10ClN3. The number of nitrogens with two attached hydrogens (primary N) is 1. The maximum Gasteiger partial charge on any atom is 0.0991 e. The Labute approximate surface area is 87.1 Å². The van der Waals surface area contributed by atoms with Gasteiger partial charge in [-0.2, -0.15) is 0 Å². The standard InChI is InChI=1S/C10H10ClN3/c11-9-1-2-10(8(5-9)6-12)14-4-3-13-7-14/h1-5,7H,6,12H2. The molecule has 0 aliphatic carbocycles. The Hall–Kier alpha value is -1.32. The molecule has 72 valence electrons. The quantitative estimate of drug-likeness (QED) is 0.819. The van der Waals surface area contributed by atoms with Crippen molar-refractivity contribution < 1.29 is 0 Å². The van der Waals surface area contributed by atoms with Crippen LogP contribution in [-0.2, 0) is 6.54 Å². The van der Waals surface area contributed by atoms with Crippen molar-refractivity contribution in [3.8, 4) is 5.69 Å². The molecule has 1 heterocycles. The van der Waals surface area contributed by atoms with E-state index in [0.717, 1.165) is 11.3 Å². The average molecular weight is 208 g/mol. The molecule has 0 saturated carbocycles. The van der Waals surface area contributed by atoms with Crippen LogP contribution in [0.3, 0.4) is 0 Å². The van der Waals surface area contributed by atoms with Crippen LogP contribution >= 0.6 is 11.6 Å². The minimum atomic E-state index is 0.466. The average Bonchev–Trinajstić information content (AvgIpc) is 2.70. The van der Waals surface area contributed by atoms with E-state index in [2.05, 4.69) is 4.98 Å². The highest BCUT2D eigenvalue weighted by atomic mass is 35.5. The molecule has 0 atom stereocenters. The number of halogens is 1. The molecule has 0 saturated heterocycles. The lowest BCUT2D eigenvalue weighted by Gasteiger charge is -2.08. The summed E-state index contributed by atoms with van der Waals surface area (Å²) in [5, 5.41) is 0.703. The lowest BCUT2D eigenvalue weighted by atomic mass is 10.2. The molecule has 2 rings (SSSR count). The summed E-state index contributed by atoms with van der Waals surface area (Å²) in [4.78, 5) is 3.99. The summed E-state index contributed by atoms with van der Waals surface area (Å²) >= 11 is 5.88. The number of rotatable bonds is 2. The van der Waals surface area contributed by atoms with Crippen LogP contribution < -0.4 is 5.73 Å². The second-order valence-electron chi connectivity index (χ2n) is 2.95. The molecule has 0 unspecified atom stereocenters. The molecule has 2 N–H and O–H groups in total. The summed E-state index contributed by atoms with van der Waals surface area (Å²) in [6, 6.07) is 5.65. The molecular weight excluding hydrogens is 198 g/mol. The first kappa shape index (κ1) is 9.24. The lowest BCUT2D eigenvalue weighted by molar-refractivity contribution is 0.983. The zero-order valence-electron chi connectivity index (χ0n) is 7.52. The van der Waals surface area contributed by atoms with Gasteiger partial charge in [-0.05, 0) is 23.8 Å². The van der Waals surface area contributed by atoms with Crippen LogP contribution in [0, 0.1) is 0 Å². The monoisotopic (exact) mass is 207 g/mol. The molecule has 1 aromatic carbocycles. The molecule has 0 amide bonds. The van der Waals surface area contributed by atoms with Crippen molar-refractivity contribution in [1.82, 2.24) is 9.55 Å². The third-order valence-electron chi connectivity index (χ3n) is 2.04. The van der Waals surface area contributed by atoms with Crippen molar-refractivity contribution in [3.63, 3.8) is 0 Å². The summed E-state index contributed by atoms with van der Waals surface area (Å²) in [5.74, 6) is 0. The SMILES string of the molecule is NCc1cc(Cl)ccc1-n1ccnc1. The summed E-state index contributed by atoms with van der Waals surface area (Å²) < 4.78 is 1.92. The molecule has 0 bridgehead atoms. The Kier molecular flexibility index (Phi) is 2.52. The maximum atomic E-state index is 5.88. The smallest absolute Gasteiger partial charge is 0.0991 e. The molecule has 0 aliphatic rings. The number of imidazole rings is 1. The normalized spacial score (nSPS) is 10.4. The highest BCUT2D eigenvalue weighted by Crippen LogP contribution is 2.18. The Morgan fingerprint density at radius 3 is 2.93 bits per heavy atom. The van der Waals surface area contributed by atoms with Crippen LogP contribution in [-0.4, -0.2) is 9.55 Å². The van der Waals surface area contributed by atoms with E-state index >= 15 is 0 Å². The lowest BCUT2D eigenvalue weighted by Crippen LogP contribution is -2.03. The second kappa shape index (κ2) is 3.82. The molecule has 4 heteroatoms. The van der Waals surface area contributed by atoms with E-state index in [1.165, 1.54) is 0 Å². The van der Waals surface area contributed by atoms with Gasteiger partial charge in [0.1, 0.15) is 0 Å². The van der Waals surface area contributed by atoms with E-state index in [9.17, 15) is 0 Å². The number of nitrogens with zero attached hydrogens (tertiary/aromatic N) is 2. The van der Waals surface area contributed by atoms with Gasteiger partial charge in [0, 0.05) is 24.0 Å². The Morgan fingerprint density at radius 1 is 1.43 bits per heavy atom. The fraction of sp³-hybridized carbons (Fsp3) is 0.100. The van der Waals surface area contributed by atoms with Crippen molar-refractivity contribution in [3.05, 3.63) is 47.5 Å². The Bertz CT molecular complexity index is 423. The fourth-order valence-corrected chi connectivity index (χ4v) is 1.57. The van der Waals surface area contributed by atoms with Crippen LogP contribution in [0.25, 0.3) is 5.69 Å². The first-order valence-electron chi connectivity index (χ1n) is 4.28. The Morgan fingerprint density at radius 2 is 2.29 bits per heavy atom. The predicted octanol–water partition coefficient (Wildman–Crippen LogP) is 1.98. The van der Waals surface area contributed by atoms with Crippen LogP contribution in [0.15, 0.2) is 36.9 Å². The van der Waals surface area contributed by atoms with Gasteiger partial charge in [0.25, 0.3) is 0 Å². The molecule has 14 heavy (non-hydrogen) atoms. The summed E-state index contributed by atoms with van der Waals surface area (Å²) in [7, 11) is 0. The number of hydrogen-bond acceptors (Lipinski definition) is 2. The summed E-state index contributed by atoms with van der Waals surface area (Å²) in [6.07, 6.45) is 5.35. The van der Waals surface area contributed by atoms with Gasteiger partial charge >= 0.3 is 0 Å². The van der Waals surface area contributed by atoms with Gasteiger partial charge in [-0.25, -0.2) is 4.98 Å². The van der Waals surface area contributed by atoms with Gasteiger partial charge in [-0.3, -0.25) is 0 Å². The van der Waals surface area contributed by atoms with Crippen molar-refractivity contribution in [2.75, 3.05) is 0 Å². The van der Waals surface area contributed by atoms with E-state index < -0.39 is 0 Å². The van der Waals surface area contributed by atoms with Gasteiger partial charge < -0.3 is 10.3 Å². The molecule has 0 spiro atoms. The molecule has 0 fully saturated rings. The van der Waals surface area contributed by atoms with Gasteiger partial charge in [-0.15, -0.1) is 0 Å². The predicted molar refractivity (Wildman–Crippen MR) is 56.5 cm³/mol. The van der Waals surface area contributed by atoms with Crippen LogP contribution in [0.4, 0.5) is 0 Å². The minimum Gasteiger partial charge on any atom is -0.326 e. The molecule has 0 aliphatic heterocycles.